The van der Waals surface area contributed by atoms with Gasteiger partial charge in [0.1, 0.15) is 5.82 Å². The number of benzene rings is 1. The first-order valence-corrected chi connectivity index (χ1v) is 6.35. The van der Waals surface area contributed by atoms with Crippen molar-refractivity contribution in [3.05, 3.63) is 35.1 Å². The molecular weight excluding hydrogens is 249 g/mol. The molecule has 1 heterocycles. The summed E-state index contributed by atoms with van der Waals surface area (Å²) in [5.41, 5.74) is 1.53. The fourth-order valence-corrected chi connectivity index (χ4v) is 2.33. The Labute approximate surface area is 111 Å². The number of carboxylic acids is 1. The van der Waals surface area contributed by atoms with Crippen LogP contribution in [-0.2, 0) is 16.1 Å². The molecule has 1 N–H and O–H groups in total. The zero-order valence-electron chi connectivity index (χ0n) is 10.9. The maximum absolute atomic E-state index is 13.5. The highest BCUT2D eigenvalue weighted by Crippen LogP contribution is 2.18. The number of hydrogen-bond donors (Lipinski definition) is 1. The molecule has 19 heavy (non-hydrogen) atoms. The summed E-state index contributed by atoms with van der Waals surface area (Å²) in [7, 11) is 0. The van der Waals surface area contributed by atoms with E-state index in [0.717, 1.165) is 5.56 Å². The van der Waals surface area contributed by atoms with E-state index >= 15 is 0 Å². The first-order chi connectivity index (χ1) is 9.08. The number of hydrogen-bond acceptors (Lipinski definition) is 3. The van der Waals surface area contributed by atoms with Gasteiger partial charge in [0.15, 0.2) is 0 Å². The van der Waals surface area contributed by atoms with Crippen LogP contribution < -0.4 is 0 Å². The number of morpholine rings is 1. The lowest BCUT2D eigenvalue weighted by molar-refractivity contribution is -0.140. The highest BCUT2D eigenvalue weighted by Gasteiger charge is 2.25. The first kappa shape index (κ1) is 14.0. The van der Waals surface area contributed by atoms with E-state index < -0.39 is 5.97 Å². The average Bonchev–Trinajstić information content (AvgIpc) is 2.36. The van der Waals surface area contributed by atoms with Gasteiger partial charge in [-0.05, 0) is 24.1 Å². The average molecular weight is 267 g/mol. The van der Waals surface area contributed by atoms with Crippen LogP contribution in [-0.4, -0.2) is 41.8 Å². The smallest absolute Gasteiger partial charge is 0.305 e. The quantitative estimate of drug-likeness (QED) is 0.904. The number of ether oxygens (including phenoxy) is 1. The molecule has 0 saturated carbocycles. The fourth-order valence-electron chi connectivity index (χ4n) is 2.33. The number of nitrogens with zero attached hydrogens (tertiary/aromatic N) is 1. The molecule has 0 amide bonds. The summed E-state index contributed by atoms with van der Waals surface area (Å²) < 4.78 is 18.8. The van der Waals surface area contributed by atoms with Gasteiger partial charge in [-0.15, -0.1) is 0 Å². The van der Waals surface area contributed by atoms with E-state index in [0.29, 0.717) is 31.9 Å². The summed E-state index contributed by atoms with van der Waals surface area (Å²) in [6, 6.07) is 4.86. The topological polar surface area (TPSA) is 49.8 Å². The zero-order chi connectivity index (χ0) is 13.8. The molecule has 1 fully saturated rings. The Morgan fingerprint density at radius 3 is 3.11 bits per heavy atom. The molecule has 1 aromatic rings. The van der Waals surface area contributed by atoms with Gasteiger partial charge in [-0.3, -0.25) is 9.69 Å². The molecule has 0 bridgehead atoms. The minimum Gasteiger partial charge on any atom is -0.481 e. The van der Waals surface area contributed by atoms with E-state index in [4.69, 9.17) is 9.84 Å². The number of aliphatic carboxylic acids is 1. The monoisotopic (exact) mass is 267 g/mol. The lowest BCUT2D eigenvalue weighted by Crippen LogP contribution is -2.46. The minimum atomic E-state index is -0.837. The van der Waals surface area contributed by atoms with Crippen molar-refractivity contribution in [1.29, 1.82) is 0 Å². The van der Waals surface area contributed by atoms with Crippen LogP contribution in [0.5, 0.6) is 0 Å². The largest absolute Gasteiger partial charge is 0.481 e. The molecule has 1 saturated heterocycles. The molecule has 2 rings (SSSR count). The van der Waals surface area contributed by atoms with Gasteiger partial charge < -0.3 is 9.84 Å². The molecule has 1 atom stereocenters. The van der Waals surface area contributed by atoms with Crippen LogP contribution in [0.3, 0.4) is 0 Å². The molecule has 1 unspecified atom stereocenters. The zero-order valence-corrected chi connectivity index (χ0v) is 10.9. The summed E-state index contributed by atoms with van der Waals surface area (Å²) in [4.78, 5) is 12.9. The summed E-state index contributed by atoms with van der Waals surface area (Å²) >= 11 is 0. The number of rotatable bonds is 4. The number of carboxylic acid groups (broad SMARTS) is 1. The van der Waals surface area contributed by atoms with Crippen molar-refractivity contribution < 1.29 is 19.0 Å². The van der Waals surface area contributed by atoms with Crippen LogP contribution >= 0.6 is 0 Å². The second-order valence-corrected chi connectivity index (χ2v) is 4.82. The molecule has 0 aliphatic carbocycles. The third-order valence-electron chi connectivity index (χ3n) is 3.51. The van der Waals surface area contributed by atoms with Crippen molar-refractivity contribution >= 4 is 5.97 Å². The van der Waals surface area contributed by atoms with E-state index in [2.05, 4.69) is 4.90 Å². The van der Waals surface area contributed by atoms with Crippen molar-refractivity contribution in [2.24, 2.45) is 0 Å². The van der Waals surface area contributed by atoms with Gasteiger partial charge in [-0.1, -0.05) is 12.1 Å². The first-order valence-electron chi connectivity index (χ1n) is 6.35. The van der Waals surface area contributed by atoms with Gasteiger partial charge in [-0.25, -0.2) is 4.39 Å². The summed E-state index contributed by atoms with van der Waals surface area (Å²) in [5.74, 6) is -1.06. The van der Waals surface area contributed by atoms with Crippen LogP contribution in [0.2, 0.25) is 0 Å². The van der Waals surface area contributed by atoms with Crippen molar-refractivity contribution in [1.82, 2.24) is 4.90 Å². The third kappa shape index (κ3) is 3.52. The van der Waals surface area contributed by atoms with Gasteiger partial charge >= 0.3 is 5.97 Å². The highest BCUT2D eigenvalue weighted by atomic mass is 19.1. The molecule has 1 aliphatic rings. The molecule has 104 valence electrons. The van der Waals surface area contributed by atoms with Crippen LogP contribution in [0.1, 0.15) is 17.5 Å². The Morgan fingerprint density at radius 2 is 2.37 bits per heavy atom. The molecule has 1 aromatic carbocycles. The van der Waals surface area contributed by atoms with Crippen molar-refractivity contribution in [2.45, 2.75) is 25.9 Å². The van der Waals surface area contributed by atoms with E-state index in [1.165, 1.54) is 6.07 Å². The van der Waals surface area contributed by atoms with Gasteiger partial charge in [0.2, 0.25) is 0 Å². The minimum absolute atomic E-state index is 0.0500. The lowest BCUT2D eigenvalue weighted by atomic mass is 10.1. The SMILES string of the molecule is Cc1c(F)cccc1CN1CCOCC1CC(=O)O. The molecule has 5 heteroatoms. The Kier molecular flexibility index (Phi) is 4.50. The van der Waals surface area contributed by atoms with Gasteiger partial charge in [0.05, 0.1) is 19.6 Å². The normalized spacial score (nSPS) is 20.4. The lowest BCUT2D eigenvalue weighted by Gasteiger charge is -2.35. The third-order valence-corrected chi connectivity index (χ3v) is 3.51. The number of carbonyl (C=O) groups is 1. The molecule has 0 aromatic heterocycles. The Hall–Kier alpha value is -1.46. The predicted molar refractivity (Wildman–Crippen MR) is 68.4 cm³/mol. The van der Waals surface area contributed by atoms with Crippen LogP contribution in [0.4, 0.5) is 4.39 Å². The summed E-state index contributed by atoms with van der Waals surface area (Å²) in [5, 5.41) is 8.91. The van der Waals surface area contributed by atoms with Crippen molar-refractivity contribution in [2.75, 3.05) is 19.8 Å². The van der Waals surface area contributed by atoms with Crippen molar-refractivity contribution in [3.8, 4) is 0 Å². The predicted octanol–water partition coefficient (Wildman–Crippen LogP) is 1.81. The molecular formula is C14H18FNO3. The molecule has 4 nitrogen and oxygen atoms in total. The molecule has 0 spiro atoms. The van der Waals surface area contributed by atoms with Crippen LogP contribution in [0.25, 0.3) is 0 Å². The standard InChI is InChI=1S/C14H18FNO3/c1-10-11(3-2-4-13(10)15)8-16-5-6-19-9-12(16)7-14(17)18/h2-4,12H,5-9H2,1H3,(H,17,18). The van der Waals surface area contributed by atoms with Crippen LogP contribution in [0, 0.1) is 12.7 Å². The van der Waals surface area contributed by atoms with Crippen LogP contribution in [0.15, 0.2) is 18.2 Å². The van der Waals surface area contributed by atoms with Crippen molar-refractivity contribution in [3.63, 3.8) is 0 Å². The maximum atomic E-state index is 13.5. The Balaban J connectivity index is 2.10. The van der Waals surface area contributed by atoms with E-state index in [1.807, 2.05) is 6.07 Å². The Morgan fingerprint density at radius 1 is 1.58 bits per heavy atom. The molecule has 0 radical (unpaired) electrons. The highest BCUT2D eigenvalue weighted by molar-refractivity contribution is 5.67. The Bertz CT molecular complexity index is 464. The second kappa shape index (κ2) is 6.12. The molecule has 1 aliphatic heterocycles. The van der Waals surface area contributed by atoms with Gasteiger partial charge in [0.25, 0.3) is 0 Å². The van der Waals surface area contributed by atoms with E-state index in [-0.39, 0.29) is 18.3 Å². The van der Waals surface area contributed by atoms with Gasteiger partial charge in [0, 0.05) is 19.1 Å². The van der Waals surface area contributed by atoms with E-state index in [9.17, 15) is 9.18 Å². The number of halogens is 1. The second-order valence-electron chi connectivity index (χ2n) is 4.82. The summed E-state index contributed by atoms with van der Waals surface area (Å²) in [6.07, 6.45) is 0.0500. The maximum Gasteiger partial charge on any atom is 0.305 e. The van der Waals surface area contributed by atoms with E-state index in [1.54, 1.807) is 13.0 Å². The summed E-state index contributed by atoms with van der Waals surface area (Å²) in [6.45, 7) is 3.99. The van der Waals surface area contributed by atoms with Gasteiger partial charge in [-0.2, -0.15) is 0 Å². The fraction of sp³-hybridized carbons (Fsp3) is 0.500.